The third-order valence-corrected chi connectivity index (χ3v) is 5.55. The number of methoxy groups -OCH3 is 1. The van der Waals surface area contributed by atoms with Crippen LogP contribution in [0.1, 0.15) is 51.0 Å². The summed E-state index contributed by atoms with van der Waals surface area (Å²) in [6.07, 6.45) is 4.04. The van der Waals surface area contributed by atoms with E-state index in [0.717, 1.165) is 50.5 Å². The normalized spacial score (nSPS) is 16.5. The van der Waals surface area contributed by atoms with Gasteiger partial charge >= 0.3 is 0 Å². The predicted octanol–water partition coefficient (Wildman–Crippen LogP) is 3.62. The van der Waals surface area contributed by atoms with E-state index in [4.69, 9.17) is 9.73 Å². The van der Waals surface area contributed by atoms with E-state index in [1.54, 1.807) is 12.0 Å². The van der Waals surface area contributed by atoms with Crippen molar-refractivity contribution in [2.24, 2.45) is 10.4 Å². The van der Waals surface area contributed by atoms with Gasteiger partial charge in [0.2, 0.25) is 5.91 Å². The fourth-order valence-corrected chi connectivity index (χ4v) is 3.97. The van der Waals surface area contributed by atoms with Gasteiger partial charge in [0.05, 0.1) is 19.1 Å². The molecular weight excluding hydrogens is 479 g/mol. The molecule has 2 rings (SSSR count). The number of hydrogen-bond acceptors (Lipinski definition) is 3. The molecule has 0 spiro atoms. The Hall–Kier alpha value is -1.51. The van der Waals surface area contributed by atoms with Crippen LogP contribution in [0.25, 0.3) is 0 Å². The maximum Gasteiger partial charge on any atom is 0.230 e. The van der Waals surface area contributed by atoms with E-state index >= 15 is 0 Å². The first-order chi connectivity index (χ1) is 13.4. The first-order valence-electron chi connectivity index (χ1n) is 10.3. The maximum atomic E-state index is 12.8. The first-order valence-corrected chi connectivity index (χ1v) is 10.3. The number of nitrogens with zero attached hydrogens (tertiary/aromatic N) is 2. The summed E-state index contributed by atoms with van der Waals surface area (Å²) in [7, 11) is 5.38. The number of nitrogens with one attached hydrogen (secondary N) is 2. The fraction of sp³-hybridized carbons (Fsp3) is 0.636. The lowest BCUT2D eigenvalue weighted by Gasteiger charge is -2.29. The highest BCUT2D eigenvalue weighted by Gasteiger charge is 2.42. The molecule has 0 bridgehead atoms. The number of benzene rings is 1. The molecule has 0 saturated heterocycles. The van der Waals surface area contributed by atoms with Crippen LogP contribution >= 0.6 is 24.0 Å². The van der Waals surface area contributed by atoms with Crippen LogP contribution in [0, 0.1) is 5.41 Å². The van der Waals surface area contributed by atoms with Crippen LogP contribution in [0.2, 0.25) is 0 Å². The minimum atomic E-state index is -0.347. The van der Waals surface area contributed by atoms with E-state index in [0.29, 0.717) is 6.54 Å². The van der Waals surface area contributed by atoms with Gasteiger partial charge in [-0.3, -0.25) is 9.79 Å². The largest absolute Gasteiger partial charge is 0.496 e. The van der Waals surface area contributed by atoms with Gasteiger partial charge in [0.15, 0.2) is 5.96 Å². The zero-order valence-electron chi connectivity index (χ0n) is 18.5. The molecule has 1 aromatic rings. The van der Waals surface area contributed by atoms with Gasteiger partial charge in [0.25, 0.3) is 0 Å². The van der Waals surface area contributed by atoms with Crippen molar-refractivity contribution in [2.75, 3.05) is 40.8 Å². The molecule has 7 heteroatoms. The molecule has 1 aliphatic carbocycles. The number of aliphatic imine (C=N–C) groups is 1. The Morgan fingerprint density at radius 3 is 2.48 bits per heavy atom. The maximum absolute atomic E-state index is 12.8. The summed E-state index contributed by atoms with van der Waals surface area (Å²) >= 11 is 0. The number of ether oxygens (including phenoxy) is 1. The van der Waals surface area contributed by atoms with Crippen molar-refractivity contribution in [3.05, 3.63) is 29.8 Å². The standard InChI is InChI=1S/C22H36N4O2.HI/c1-6-23-21(24-15-17(2)18-11-7-8-12-19(18)28-5)25-16-22(13-9-10-14-22)20(27)26(3)4;/h7-8,11-12,17H,6,9-10,13-16H2,1-5H3,(H2,23,24,25);1H. The number of halogens is 1. The molecule has 1 aliphatic rings. The van der Waals surface area contributed by atoms with Gasteiger partial charge in [-0.25, -0.2) is 0 Å². The lowest BCUT2D eigenvalue weighted by molar-refractivity contribution is -0.138. The zero-order chi connectivity index (χ0) is 20.6. The smallest absolute Gasteiger partial charge is 0.230 e. The second kappa shape index (κ2) is 12.2. The minimum absolute atomic E-state index is 0. The van der Waals surface area contributed by atoms with Gasteiger partial charge in [-0.05, 0) is 31.4 Å². The van der Waals surface area contributed by atoms with E-state index < -0.39 is 0 Å². The Morgan fingerprint density at radius 1 is 1.24 bits per heavy atom. The number of para-hydroxylation sites is 1. The molecule has 1 saturated carbocycles. The quantitative estimate of drug-likeness (QED) is 0.315. The molecule has 1 fully saturated rings. The van der Waals surface area contributed by atoms with Crippen LogP contribution in [0.15, 0.2) is 29.3 Å². The van der Waals surface area contributed by atoms with E-state index in [-0.39, 0.29) is 41.2 Å². The van der Waals surface area contributed by atoms with Gasteiger partial charge < -0.3 is 20.3 Å². The predicted molar refractivity (Wildman–Crippen MR) is 130 cm³/mol. The second-order valence-electron chi connectivity index (χ2n) is 7.91. The van der Waals surface area contributed by atoms with Crippen molar-refractivity contribution < 1.29 is 9.53 Å². The number of carbonyl (C=O) groups is 1. The molecule has 1 unspecified atom stereocenters. The number of guanidine groups is 1. The molecule has 6 nitrogen and oxygen atoms in total. The van der Waals surface area contributed by atoms with E-state index in [1.807, 2.05) is 32.3 Å². The van der Waals surface area contributed by atoms with Gasteiger partial charge in [0, 0.05) is 33.1 Å². The van der Waals surface area contributed by atoms with Crippen molar-refractivity contribution in [1.82, 2.24) is 15.5 Å². The fourth-order valence-electron chi connectivity index (χ4n) is 3.97. The third kappa shape index (κ3) is 6.76. The number of carbonyl (C=O) groups excluding carboxylic acids is 1. The third-order valence-electron chi connectivity index (χ3n) is 5.55. The highest BCUT2D eigenvalue weighted by atomic mass is 127. The molecular formula is C22H37IN4O2. The number of hydrogen-bond donors (Lipinski definition) is 2. The van der Waals surface area contributed by atoms with Crippen molar-refractivity contribution in [2.45, 2.75) is 45.4 Å². The zero-order valence-corrected chi connectivity index (χ0v) is 20.8. The topological polar surface area (TPSA) is 66.0 Å². The summed E-state index contributed by atoms with van der Waals surface area (Å²) in [4.78, 5) is 19.3. The van der Waals surface area contributed by atoms with Gasteiger partial charge in [0.1, 0.15) is 5.75 Å². The second-order valence-corrected chi connectivity index (χ2v) is 7.91. The van der Waals surface area contributed by atoms with Crippen molar-refractivity contribution in [1.29, 1.82) is 0 Å². The summed E-state index contributed by atoms with van der Waals surface area (Å²) in [5.41, 5.74) is 0.823. The van der Waals surface area contributed by atoms with Crippen LogP contribution in [-0.4, -0.2) is 57.6 Å². The monoisotopic (exact) mass is 516 g/mol. The molecule has 1 amide bonds. The Morgan fingerprint density at radius 2 is 1.90 bits per heavy atom. The number of amides is 1. The van der Waals surface area contributed by atoms with Crippen molar-refractivity contribution in [3.8, 4) is 5.75 Å². The molecule has 1 aromatic carbocycles. The lowest BCUT2D eigenvalue weighted by Crippen LogP contribution is -2.43. The summed E-state index contributed by atoms with van der Waals surface area (Å²) in [5.74, 6) is 2.14. The Labute approximate surface area is 192 Å². The van der Waals surface area contributed by atoms with Gasteiger partial charge in [-0.1, -0.05) is 38.0 Å². The van der Waals surface area contributed by atoms with Crippen molar-refractivity contribution in [3.63, 3.8) is 0 Å². The highest BCUT2D eigenvalue weighted by Crippen LogP contribution is 2.39. The average Bonchev–Trinajstić information content (AvgIpc) is 3.19. The Kier molecular flexibility index (Phi) is 10.8. The lowest BCUT2D eigenvalue weighted by atomic mass is 9.85. The molecule has 0 radical (unpaired) electrons. The van der Waals surface area contributed by atoms with E-state index in [1.165, 1.54) is 5.56 Å². The summed E-state index contributed by atoms with van der Waals surface area (Å²) in [5, 5.41) is 6.75. The van der Waals surface area contributed by atoms with Crippen LogP contribution < -0.4 is 15.4 Å². The molecule has 2 N–H and O–H groups in total. The molecule has 0 aromatic heterocycles. The summed E-state index contributed by atoms with van der Waals surface area (Å²) in [6.45, 7) is 6.27. The molecule has 29 heavy (non-hydrogen) atoms. The van der Waals surface area contributed by atoms with E-state index in [2.05, 4.69) is 30.5 Å². The summed E-state index contributed by atoms with van der Waals surface area (Å²) < 4.78 is 5.48. The number of rotatable bonds is 8. The molecule has 164 valence electrons. The van der Waals surface area contributed by atoms with Crippen LogP contribution in [0.4, 0.5) is 0 Å². The highest BCUT2D eigenvalue weighted by molar-refractivity contribution is 14.0. The summed E-state index contributed by atoms with van der Waals surface area (Å²) in [6, 6.07) is 8.10. The minimum Gasteiger partial charge on any atom is -0.496 e. The van der Waals surface area contributed by atoms with Crippen LogP contribution in [-0.2, 0) is 4.79 Å². The molecule has 0 heterocycles. The van der Waals surface area contributed by atoms with Crippen molar-refractivity contribution >= 4 is 35.8 Å². The van der Waals surface area contributed by atoms with Crippen LogP contribution in [0.3, 0.4) is 0 Å². The van der Waals surface area contributed by atoms with E-state index in [9.17, 15) is 4.79 Å². The Balaban J connectivity index is 0.00000420. The van der Waals surface area contributed by atoms with Gasteiger partial charge in [-0.15, -0.1) is 24.0 Å². The molecule has 0 aliphatic heterocycles. The van der Waals surface area contributed by atoms with Gasteiger partial charge in [-0.2, -0.15) is 0 Å². The first kappa shape index (κ1) is 25.5. The van der Waals surface area contributed by atoms with Crippen LogP contribution in [0.5, 0.6) is 5.75 Å². The average molecular weight is 516 g/mol. The molecule has 1 atom stereocenters. The Bertz CT molecular complexity index is 673. The SMILES string of the molecule is CCNC(=NCC1(C(=O)N(C)C)CCCC1)NCC(C)c1ccccc1OC.I.